The average molecular weight is 344 g/mol. The topological polar surface area (TPSA) is 83.1 Å². The molecule has 0 aliphatic carbocycles. The van der Waals surface area contributed by atoms with Crippen molar-refractivity contribution in [3.8, 4) is 0 Å². The summed E-state index contributed by atoms with van der Waals surface area (Å²) in [5, 5.41) is 15.7. The molecule has 2 aromatic carbocycles. The van der Waals surface area contributed by atoms with Gasteiger partial charge in [0.05, 0.1) is 23.2 Å². The zero-order valence-corrected chi connectivity index (χ0v) is 13.6. The Morgan fingerprint density at radius 3 is 2.96 bits per heavy atom. The Balaban J connectivity index is 1.75. The summed E-state index contributed by atoms with van der Waals surface area (Å²) in [7, 11) is 1.86. The first-order valence-corrected chi connectivity index (χ1v) is 7.53. The van der Waals surface area contributed by atoms with Crippen LogP contribution in [0.4, 0.5) is 11.4 Å². The van der Waals surface area contributed by atoms with Crippen molar-refractivity contribution in [3.63, 3.8) is 0 Å². The van der Waals surface area contributed by atoms with E-state index in [1.165, 1.54) is 12.3 Å². The van der Waals surface area contributed by atoms with Gasteiger partial charge in [0.15, 0.2) is 0 Å². The molecule has 3 rings (SSSR count). The highest BCUT2D eigenvalue weighted by atomic mass is 35.5. The molecule has 0 saturated carbocycles. The van der Waals surface area contributed by atoms with Crippen LogP contribution in [0.3, 0.4) is 0 Å². The minimum absolute atomic E-state index is 0.00183. The molecule has 0 bridgehead atoms. The Morgan fingerprint density at radius 2 is 2.17 bits per heavy atom. The number of aliphatic imine (C=N–C) groups is 1. The Morgan fingerprint density at radius 1 is 1.38 bits per heavy atom. The van der Waals surface area contributed by atoms with E-state index in [-0.39, 0.29) is 5.69 Å². The monoisotopic (exact) mass is 343 g/mol. The number of halogens is 1. The van der Waals surface area contributed by atoms with Crippen molar-refractivity contribution in [1.29, 1.82) is 0 Å². The van der Waals surface area contributed by atoms with Gasteiger partial charge in [-0.3, -0.25) is 10.1 Å². The molecule has 24 heavy (non-hydrogen) atoms. The summed E-state index contributed by atoms with van der Waals surface area (Å²) in [5.74, 6) is 0.555. The van der Waals surface area contributed by atoms with Crippen LogP contribution in [0, 0.1) is 10.1 Å². The summed E-state index contributed by atoms with van der Waals surface area (Å²) in [6.07, 6.45) is 1.41. The molecule has 1 aliphatic rings. The van der Waals surface area contributed by atoms with E-state index in [9.17, 15) is 10.1 Å². The van der Waals surface area contributed by atoms with E-state index in [2.05, 4.69) is 15.5 Å². The Kier molecular flexibility index (Phi) is 4.43. The Bertz CT molecular complexity index is 850. The molecule has 0 amide bonds. The Hall–Kier alpha value is -2.93. The summed E-state index contributed by atoms with van der Waals surface area (Å²) >= 11 is 5.99. The smallest absolute Gasteiger partial charge is 0.278 e. The number of guanidine groups is 1. The second kappa shape index (κ2) is 6.67. The molecule has 8 heteroatoms. The van der Waals surface area contributed by atoms with Gasteiger partial charge >= 0.3 is 0 Å². The first-order chi connectivity index (χ1) is 11.6. The highest BCUT2D eigenvalue weighted by molar-refractivity contribution is 6.30. The van der Waals surface area contributed by atoms with E-state index < -0.39 is 4.92 Å². The SMILES string of the molecule is CN1C(N/N=C/c2ccccc2[N+](=O)[O-])=NCc2cc(Cl)ccc21. The maximum atomic E-state index is 11.0. The van der Waals surface area contributed by atoms with E-state index in [4.69, 9.17) is 11.6 Å². The number of hydrazone groups is 1. The number of rotatable bonds is 3. The molecule has 1 aliphatic heterocycles. The third-order valence-electron chi connectivity index (χ3n) is 3.62. The second-order valence-electron chi connectivity index (χ2n) is 5.16. The van der Waals surface area contributed by atoms with Crippen LogP contribution in [0.2, 0.25) is 5.02 Å². The van der Waals surface area contributed by atoms with E-state index in [0.29, 0.717) is 23.1 Å². The zero-order valence-electron chi connectivity index (χ0n) is 12.8. The quantitative estimate of drug-likeness (QED) is 0.527. The molecule has 1 N–H and O–H groups in total. The van der Waals surface area contributed by atoms with Gasteiger partial charge in [-0.15, -0.1) is 0 Å². The lowest BCUT2D eigenvalue weighted by molar-refractivity contribution is -0.385. The summed E-state index contributed by atoms with van der Waals surface area (Å²) in [6.45, 7) is 0.490. The number of benzene rings is 2. The fourth-order valence-corrected chi connectivity index (χ4v) is 2.62. The molecular weight excluding hydrogens is 330 g/mol. The van der Waals surface area contributed by atoms with Crippen LogP contribution >= 0.6 is 11.6 Å². The lowest BCUT2D eigenvalue weighted by atomic mass is 10.1. The largest absolute Gasteiger partial charge is 0.314 e. The van der Waals surface area contributed by atoms with Crippen LogP contribution in [0.1, 0.15) is 11.1 Å². The number of nitro groups is 1. The molecular formula is C16H14ClN5O2. The molecule has 0 saturated heterocycles. The van der Waals surface area contributed by atoms with Gasteiger partial charge in [0, 0.05) is 23.8 Å². The van der Waals surface area contributed by atoms with Crippen LogP contribution in [0.25, 0.3) is 0 Å². The molecule has 0 aromatic heterocycles. The van der Waals surface area contributed by atoms with Gasteiger partial charge in [-0.1, -0.05) is 23.7 Å². The lowest BCUT2D eigenvalue weighted by Gasteiger charge is -2.26. The number of nitrogens with one attached hydrogen (secondary N) is 1. The van der Waals surface area contributed by atoms with Gasteiger partial charge < -0.3 is 4.90 Å². The number of hydrogen-bond donors (Lipinski definition) is 1. The number of anilines is 1. The van der Waals surface area contributed by atoms with Gasteiger partial charge in [-0.25, -0.2) is 10.4 Å². The molecule has 1 heterocycles. The Labute approximate surface area is 143 Å². The molecule has 0 spiro atoms. The highest BCUT2D eigenvalue weighted by Crippen LogP contribution is 2.27. The number of hydrogen-bond acceptors (Lipinski definition) is 6. The van der Waals surface area contributed by atoms with Crippen molar-refractivity contribution in [2.24, 2.45) is 10.1 Å². The molecule has 7 nitrogen and oxygen atoms in total. The maximum absolute atomic E-state index is 11.0. The standard InChI is InChI=1S/C16H14ClN5O2/c1-21-14-7-6-13(17)8-12(14)9-18-16(21)20-19-10-11-4-2-3-5-15(11)22(23)24/h2-8,10H,9H2,1H3,(H,18,20)/b19-10+. The van der Waals surface area contributed by atoms with Crippen LogP contribution in [-0.2, 0) is 6.54 Å². The van der Waals surface area contributed by atoms with Crippen LogP contribution in [0.5, 0.6) is 0 Å². The van der Waals surface area contributed by atoms with Crippen molar-refractivity contribution in [2.45, 2.75) is 6.54 Å². The first kappa shape index (κ1) is 15.9. The second-order valence-corrected chi connectivity index (χ2v) is 5.59. The summed E-state index contributed by atoms with van der Waals surface area (Å²) in [6, 6.07) is 12.0. The maximum Gasteiger partial charge on any atom is 0.278 e. The van der Waals surface area contributed by atoms with Crippen LogP contribution in [-0.4, -0.2) is 24.1 Å². The molecule has 0 unspecified atom stereocenters. The highest BCUT2D eigenvalue weighted by Gasteiger charge is 2.17. The number of fused-ring (bicyclic) bond motifs is 1. The minimum atomic E-state index is -0.439. The molecule has 0 atom stereocenters. The van der Waals surface area contributed by atoms with Crippen molar-refractivity contribution in [2.75, 3.05) is 11.9 Å². The minimum Gasteiger partial charge on any atom is -0.314 e. The summed E-state index contributed by atoms with van der Waals surface area (Å²) in [5.41, 5.74) is 5.26. The van der Waals surface area contributed by atoms with E-state index in [1.54, 1.807) is 18.2 Å². The van der Waals surface area contributed by atoms with Crippen molar-refractivity contribution < 1.29 is 4.92 Å². The zero-order chi connectivity index (χ0) is 17.1. The van der Waals surface area contributed by atoms with Gasteiger partial charge in [0.2, 0.25) is 5.96 Å². The lowest BCUT2D eigenvalue weighted by Crippen LogP contribution is -2.38. The summed E-state index contributed by atoms with van der Waals surface area (Å²) < 4.78 is 0. The number of nitrogens with zero attached hydrogens (tertiary/aromatic N) is 4. The normalized spacial score (nSPS) is 13.6. The average Bonchev–Trinajstić information content (AvgIpc) is 2.57. The predicted molar refractivity (Wildman–Crippen MR) is 94.8 cm³/mol. The van der Waals surface area contributed by atoms with E-state index in [1.807, 2.05) is 30.1 Å². The first-order valence-electron chi connectivity index (χ1n) is 7.15. The molecule has 0 radical (unpaired) electrons. The van der Waals surface area contributed by atoms with Crippen molar-refractivity contribution in [1.82, 2.24) is 5.43 Å². The fourth-order valence-electron chi connectivity index (χ4n) is 2.42. The van der Waals surface area contributed by atoms with Crippen LogP contribution in [0.15, 0.2) is 52.6 Å². The third-order valence-corrected chi connectivity index (χ3v) is 3.86. The van der Waals surface area contributed by atoms with Crippen LogP contribution < -0.4 is 10.3 Å². The van der Waals surface area contributed by atoms with E-state index in [0.717, 1.165) is 11.3 Å². The number of para-hydroxylation sites is 1. The van der Waals surface area contributed by atoms with Gasteiger partial charge in [-0.05, 0) is 29.8 Å². The fraction of sp³-hybridized carbons (Fsp3) is 0.125. The molecule has 2 aromatic rings. The van der Waals surface area contributed by atoms with E-state index >= 15 is 0 Å². The molecule has 122 valence electrons. The van der Waals surface area contributed by atoms with Crippen molar-refractivity contribution in [3.05, 3.63) is 68.7 Å². The summed E-state index contributed by atoms with van der Waals surface area (Å²) in [4.78, 5) is 16.8. The number of nitro benzene ring substituents is 1. The van der Waals surface area contributed by atoms with Gasteiger partial charge in [0.25, 0.3) is 5.69 Å². The van der Waals surface area contributed by atoms with Gasteiger partial charge in [0.1, 0.15) is 0 Å². The molecule has 0 fully saturated rings. The van der Waals surface area contributed by atoms with Gasteiger partial charge in [-0.2, -0.15) is 5.10 Å². The predicted octanol–water partition coefficient (Wildman–Crippen LogP) is 3.18. The third kappa shape index (κ3) is 3.21. The van der Waals surface area contributed by atoms with Crippen molar-refractivity contribution >= 4 is 35.1 Å².